The number of likely N-dealkylation sites (tertiary alicyclic amines) is 1. The molecule has 1 aromatic heterocycles. The van der Waals surface area contributed by atoms with Gasteiger partial charge in [-0.1, -0.05) is 56.3 Å². The van der Waals surface area contributed by atoms with E-state index in [1.54, 1.807) is 0 Å². The van der Waals surface area contributed by atoms with Crippen LogP contribution in [-0.2, 0) is 6.54 Å². The number of hydrogen-bond acceptors (Lipinski definition) is 2. The molecule has 0 spiro atoms. The van der Waals surface area contributed by atoms with Crippen molar-refractivity contribution in [2.75, 3.05) is 13.1 Å². The van der Waals surface area contributed by atoms with E-state index >= 15 is 0 Å². The molecule has 0 radical (unpaired) electrons. The van der Waals surface area contributed by atoms with Gasteiger partial charge >= 0.3 is 0 Å². The highest BCUT2D eigenvalue weighted by molar-refractivity contribution is 5.94. The third-order valence-corrected chi connectivity index (χ3v) is 5.86. The Labute approximate surface area is 173 Å². The van der Waals surface area contributed by atoms with E-state index in [1.165, 1.54) is 5.56 Å². The molecular weight excluding hydrogens is 358 g/mol. The van der Waals surface area contributed by atoms with Crippen molar-refractivity contribution >= 4 is 5.91 Å². The molecule has 0 unspecified atom stereocenters. The number of benzene rings is 2. The summed E-state index contributed by atoms with van der Waals surface area (Å²) in [6.45, 7) is 7.03. The first-order valence-electron chi connectivity index (χ1n) is 10.6. The minimum absolute atomic E-state index is 0.147. The van der Waals surface area contributed by atoms with Gasteiger partial charge in [-0.05, 0) is 42.0 Å². The molecule has 4 heteroatoms. The summed E-state index contributed by atoms with van der Waals surface area (Å²) in [5.74, 6) is 2.34. The van der Waals surface area contributed by atoms with Crippen molar-refractivity contribution in [1.29, 1.82) is 0 Å². The Kier molecular flexibility index (Phi) is 5.79. The summed E-state index contributed by atoms with van der Waals surface area (Å²) in [5.41, 5.74) is 3.09. The van der Waals surface area contributed by atoms with Crippen LogP contribution in [0.5, 0.6) is 0 Å². The summed E-state index contributed by atoms with van der Waals surface area (Å²) in [6, 6.07) is 18.3. The van der Waals surface area contributed by atoms with E-state index in [0.29, 0.717) is 11.8 Å². The standard InChI is InChI=1S/C25H29N3O/c1-19(2)24-26-14-17-28(24)18-20-12-15-27(16-13-20)25(29)23-10-8-22(9-11-23)21-6-4-3-5-7-21/h3-11,14,17,19-20H,12-13,15-16,18H2,1-2H3. The molecule has 0 bridgehead atoms. The molecule has 150 valence electrons. The first-order chi connectivity index (χ1) is 14.1. The summed E-state index contributed by atoms with van der Waals surface area (Å²) in [6.07, 6.45) is 6.07. The second-order valence-corrected chi connectivity index (χ2v) is 8.27. The van der Waals surface area contributed by atoms with Gasteiger partial charge in [-0.15, -0.1) is 0 Å². The lowest BCUT2D eigenvalue weighted by atomic mass is 9.95. The highest BCUT2D eigenvalue weighted by Crippen LogP contribution is 2.24. The fourth-order valence-electron chi connectivity index (χ4n) is 4.19. The van der Waals surface area contributed by atoms with Crippen LogP contribution >= 0.6 is 0 Å². The number of hydrogen-bond donors (Lipinski definition) is 0. The van der Waals surface area contributed by atoms with Crippen molar-refractivity contribution < 1.29 is 4.79 Å². The van der Waals surface area contributed by atoms with Crippen molar-refractivity contribution in [2.45, 2.75) is 39.2 Å². The molecule has 0 atom stereocenters. The fourth-order valence-corrected chi connectivity index (χ4v) is 4.19. The zero-order chi connectivity index (χ0) is 20.2. The number of aromatic nitrogens is 2. The lowest BCUT2D eigenvalue weighted by molar-refractivity contribution is 0.0682. The van der Waals surface area contributed by atoms with Gasteiger partial charge in [0.05, 0.1) is 0 Å². The van der Waals surface area contributed by atoms with Gasteiger partial charge in [0.15, 0.2) is 0 Å². The van der Waals surface area contributed by atoms with E-state index in [0.717, 1.165) is 49.4 Å². The molecule has 1 aliphatic rings. The second-order valence-electron chi connectivity index (χ2n) is 8.27. The maximum absolute atomic E-state index is 12.9. The molecule has 4 nitrogen and oxygen atoms in total. The molecule has 3 aromatic rings. The van der Waals surface area contributed by atoms with Crippen LogP contribution in [0, 0.1) is 5.92 Å². The van der Waals surface area contributed by atoms with Crippen LogP contribution in [0.2, 0.25) is 0 Å². The Morgan fingerprint density at radius 2 is 1.66 bits per heavy atom. The van der Waals surface area contributed by atoms with Gasteiger partial charge in [0.2, 0.25) is 0 Å². The molecule has 0 aliphatic carbocycles. The summed E-state index contributed by atoms with van der Waals surface area (Å²) >= 11 is 0. The van der Waals surface area contributed by atoms with E-state index in [4.69, 9.17) is 0 Å². The summed E-state index contributed by atoms with van der Waals surface area (Å²) in [4.78, 5) is 19.4. The molecule has 29 heavy (non-hydrogen) atoms. The monoisotopic (exact) mass is 387 g/mol. The average Bonchev–Trinajstić information content (AvgIpc) is 3.23. The SMILES string of the molecule is CC(C)c1nccn1CC1CCN(C(=O)c2ccc(-c3ccccc3)cc2)CC1. The second kappa shape index (κ2) is 8.64. The average molecular weight is 388 g/mol. The van der Waals surface area contributed by atoms with Gasteiger partial charge in [-0.2, -0.15) is 0 Å². The Hall–Kier alpha value is -2.88. The van der Waals surface area contributed by atoms with Crippen LogP contribution in [-0.4, -0.2) is 33.4 Å². The van der Waals surface area contributed by atoms with Crippen LogP contribution in [0.4, 0.5) is 0 Å². The maximum atomic E-state index is 12.9. The molecule has 0 N–H and O–H groups in total. The van der Waals surface area contributed by atoms with Crippen molar-refractivity contribution in [3.63, 3.8) is 0 Å². The summed E-state index contributed by atoms with van der Waals surface area (Å²) in [5, 5.41) is 0. The van der Waals surface area contributed by atoms with Crippen LogP contribution in [0.1, 0.15) is 48.8 Å². The number of nitrogens with zero attached hydrogens (tertiary/aromatic N) is 3. The minimum Gasteiger partial charge on any atom is -0.339 e. The van der Waals surface area contributed by atoms with E-state index in [1.807, 2.05) is 53.6 Å². The molecule has 2 heterocycles. The minimum atomic E-state index is 0.147. The molecule has 1 amide bonds. The first kappa shape index (κ1) is 19.4. The third-order valence-electron chi connectivity index (χ3n) is 5.86. The first-order valence-corrected chi connectivity index (χ1v) is 10.6. The maximum Gasteiger partial charge on any atom is 0.253 e. The highest BCUT2D eigenvalue weighted by Gasteiger charge is 2.24. The van der Waals surface area contributed by atoms with Gasteiger partial charge in [0.25, 0.3) is 5.91 Å². The van der Waals surface area contributed by atoms with Crippen LogP contribution < -0.4 is 0 Å². The van der Waals surface area contributed by atoms with Crippen molar-refractivity contribution in [1.82, 2.24) is 14.5 Å². The quantitative estimate of drug-likeness (QED) is 0.601. The van der Waals surface area contributed by atoms with Crippen LogP contribution in [0.3, 0.4) is 0 Å². The lowest BCUT2D eigenvalue weighted by Crippen LogP contribution is -2.39. The third kappa shape index (κ3) is 4.42. The molecule has 1 aliphatic heterocycles. The van der Waals surface area contributed by atoms with Crippen molar-refractivity contribution in [2.24, 2.45) is 5.92 Å². The van der Waals surface area contributed by atoms with E-state index in [2.05, 4.69) is 41.7 Å². The Balaban J connectivity index is 1.35. The van der Waals surface area contributed by atoms with Gasteiger partial charge < -0.3 is 9.47 Å². The normalized spacial score (nSPS) is 15.1. The van der Waals surface area contributed by atoms with Crippen molar-refractivity contribution in [3.8, 4) is 11.1 Å². The predicted molar refractivity (Wildman–Crippen MR) is 117 cm³/mol. The van der Waals surface area contributed by atoms with Crippen LogP contribution in [0.25, 0.3) is 11.1 Å². The van der Waals surface area contributed by atoms with Gasteiger partial charge in [0.1, 0.15) is 5.82 Å². The zero-order valence-corrected chi connectivity index (χ0v) is 17.3. The predicted octanol–water partition coefficient (Wildman–Crippen LogP) is 5.23. The zero-order valence-electron chi connectivity index (χ0n) is 17.3. The largest absolute Gasteiger partial charge is 0.339 e. The molecular formula is C25H29N3O. The molecule has 1 fully saturated rings. The Morgan fingerprint density at radius 1 is 1.00 bits per heavy atom. The van der Waals surface area contributed by atoms with E-state index < -0.39 is 0 Å². The number of imidazole rings is 1. The highest BCUT2D eigenvalue weighted by atomic mass is 16.2. The van der Waals surface area contributed by atoms with Crippen LogP contribution in [0.15, 0.2) is 67.0 Å². The molecule has 4 rings (SSSR count). The number of amides is 1. The van der Waals surface area contributed by atoms with E-state index in [-0.39, 0.29) is 5.91 Å². The lowest BCUT2D eigenvalue weighted by Gasteiger charge is -2.32. The topological polar surface area (TPSA) is 38.1 Å². The number of carbonyl (C=O) groups excluding carboxylic acids is 1. The fraction of sp³-hybridized carbons (Fsp3) is 0.360. The number of rotatable bonds is 5. The summed E-state index contributed by atoms with van der Waals surface area (Å²) in [7, 11) is 0. The Bertz CT molecular complexity index is 936. The van der Waals surface area contributed by atoms with Crippen molar-refractivity contribution in [3.05, 3.63) is 78.4 Å². The molecule has 0 saturated carbocycles. The molecule has 1 saturated heterocycles. The Morgan fingerprint density at radius 3 is 2.31 bits per heavy atom. The molecule has 2 aromatic carbocycles. The number of piperidine rings is 1. The summed E-state index contributed by atoms with van der Waals surface area (Å²) < 4.78 is 2.29. The van der Waals surface area contributed by atoms with Gasteiger partial charge in [-0.25, -0.2) is 4.98 Å². The van der Waals surface area contributed by atoms with Gasteiger partial charge in [-0.3, -0.25) is 4.79 Å². The van der Waals surface area contributed by atoms with Gasteiger partial charge in [0, 0.05) is 43.5 Å². The number of carbonyl (C=O) groups is 1. The smallest absolute Gasteiger partial charge is 0.253 e. The van der Waals surface area contributed by atoms with E-state index in [9.17, 15) is 4.79 Å².